The van der Waals surface area contributed by atoms with Gasteiger partial charge in [0.25, 0.3) is 0 Å². The number of nitrogens with two attached hydrogens (primary N) is 1. The number of aliphatic imine (C=N–C) groups is 1. The van der Waals surface area contributed by atoms with Crippen LogP contribution in [0.25, 0.3) is 0 Å². The minimum atomic E-state index is -0.0958. The van der Waals surface area contributed by atoms with Crippen LogP contribution < -0.4 is 21.1 Å². The molecule has 0 aliphatic heterocycles. The van der Waals surface area contributed by atoms with E-state index in [4.69, 9.17) is 10.5 Å². The van der Waals surface area contributed by atoms with E-state index in [0.717, 1.165) is 24.3 Å². The van der Waals surface area contributed by atoms with Crippen LogP contribution in [0, 0.1) is 0 Å². The number of methoxy groups -OCH3 is 1. The summed E-state index contributed by atoms with van der Waals surface area (Å²) in [5.41, 5.74) is 8.18. The normalized spacial score (nSPS) is 12.8. The van der Waals surface area contributed by atoms with Crippen LogP contribution in [0.2, 0.25) is 0 Å². The maximum atomic E-state index is 6.11. The number of nitrogens with zero attached hydrogens (tertiary/aromatic N) is 1. The number of ether oxygens (including phenoxy) is 1. The highest BCUT2D eigenvalue weighted by atomic mass is 127. The van der Waals surface area contributed by atoms with Gasteiger partial charge >= 0.3 is 0 Å². The first-order valence-corrected chi connectivity index (χ1v) is 9.55. The van der Waals surface area contributed by atoms with Crippen LogP contribution in [0.5, 0.6) is 5.75 Å². The van der Waals surface area contributed by atoms with Gasteiger partial charge in [-0.2, -0.15) is 0 Å². The average Bonchev–Trinajstić information content (AvgIpc) is 2.72. The Morgan fingerprint density at radius 2 is 1.68 bits per heavy atom. The van der Waals surface area contributed by atoms with E-state index in [1.807, 2.05) is 30.3 Å². The van der Waals surface area contributed by atoms with Crippen LogP contribution in [0.15, 0.2) is 59.6 Å². The van der Waals surface area contributed by atoms with Gasteiger partial charge in [-0.1, -0.05) is 44.2 Å². The predicted molar refractivity (Wildman–Crippen MR) is 130 cm³/mol. The molecular formula is C22H33IN4O. The molecule has 2 aromatic rings. The standard InChI is InChI=1S/C22H32N4O.HI/c1-5-22(6-2,26-17(3)18-10-8-7-9-11-18)16-24-21(23)25-19-12-14-20(27-4)15-13-19;/h7-15,17,26H,5-6,16H2,1-4H3,(H3,23,24,25);1H. The molecule has 4 N–H and O–H groups in total. The summed E-state index contributed by atoms with van der Waals surface area (Å²) < 4.78 is 5.17. The van der Waals surface area contributed by atoms with Crippen LogP contribution in [0.3, 0.4) is 0 Å². The van der Waals surface area contributed by atoms with Gasteiger partial charge in [0.1, 0.15) is 5.75 Å². The third kappa shape index (κ3) is 6.98. The van der Waals surface area contributed by atoms with E-state index in [0.29, 0.717) is 12.5 Å². The second kappa shape index (κ2) is 11.9. The molecule has 154 valence electrons. The molecule has 5 nitrogen and oxygen atoms in total. The monoisotopic (exact) mass is 496 g/mol. The summed E-state index contributed by atoms with van der Waals surface area (Å²) in [7, 11) is 1.65. The van der Waals surface area contributed by atoms with Crippen molar-refractivity contribution >= 4 is 35.6 Å². The number of hydrogen-bond donors (Lipinski definition) is 3. The van der Waals surface area contributed by atoms with Gasteiger partial charge in [0.05, 0.1) is 13.7 Å². The molecule has 0 aliphatic rings. The van der Waals surface area contributed by atoms with E-state index in [9.17, 15) is 0 Å². The number of nitrogens with one attached hydrogen (secondary N) is 2. The van der Waals surface area contributed by atoms with E-state index in [2.05, 4.69) is 60.7 Å². The molecule has 2 rings (SSSR count). The second-order valence-corrected chi connectivity index (χ2v) is 6.82. The van der Waals surface area contributed by atoms with E-state index in [1.165, 1.54) is 5.56 Å². The van der Waals surface area contributed by atoms with Crippen LogP contribution >= 0.6 is 24.0 Å². The summed E-state index contributed by atoms with van der Waals surface area (Å²) in [6, 6.07) is 18.4. The summed E-state index contributed by atoms with van der Waals surface area (Å²) in [4.78, 5) is 4.61. The van der Waals surface area contributed by atoms with Gasteiger partial charge < -0.3 is 21.1 Å². The third-order valence-electron chi connectivity index (χ3n) is 5.09. The molecule has 28 heavy (non-hydrogen) atoms. The van der Waals surface area contributed by atoms with Crippen molar-refractivity contribution in [1.29, 1.82) is 0 Å². The highest BCUT2D eigenvalue weighted by Gasteiger charge is 2.27. The van der Waals surface area contributed by atoms with Gasteiger partial charge in [-0.3, -0.25) is 4.99 Å². The first-order valence-electron chi connectivity index (χ1n) is 9.55. The van der Waals surface area contributed by atoms with Crippen LogP contribution in [0.4, 0.5) is 5.69 Å². The number of guanidine groups is 1. The van der Waals surface area contributed by atoms with Gasteiger partial charge in [-0.15, -0.1) is 24.0 Å². The Morgan fingerprint density at radius 1 is 1.07 bits per heavy atom. The van der Waals surface area contributed by atoms with Crippen molar-refractivity contribution in [2.24, 2.45) is 10.7 Å². The zero-order chi connectivity index (χ0) is 19.7. The highest BCUT2D eigenvalue weighted by Crippen LogP contribution is 2.22. The highest BCUT2D eigenvalue weighted by molar-refractivity contribution is 14.0. The molecule has 6 heteroatoms. The summed E-state index contributed by atoms with van der Waals surface area (Å²) in [5, 5.41) is 6.92. The molecule has 1 unspecified atom stereocenters. The summed E-state index contributed by atoms with van der Waals surface area (Å²) in [6.07, 6.45) is 1.94. The molecule has 0 aliphatic carbocycles. The molecule has 0 amide bonds. The fraction of sp³-hybridized carbons (Fsp3) is 0.409. The molecule has 0 radical (unpaired) electrons. The lowest BCUT2D eigenvalue weighted by Crippen LogP contribution is -2.48. The number of anilines is 1. The van der Waals surface area contributed by atoms with Crippen molar-refractivity contribution in [1.82, 2.24) is 5.32 Å². The Morgan fingerprint density at radius 3 is 2.21 bits per heavy atom. The Kier molecular flexibility index (Phi) is 10.3. The average molecular weight is 496 g/mol. The second-order valence-electron chi connectivity index (χ2n) is 6.82. The van der Waals surface area contributed by atoms with E-state index in [1.54, 1.807) is 7.11 Å². The smallest absolute Gasteiger partial charge is 0.193 e. The Balaban J connectivity index is 0.00000392. The third-order valence-corrected chi connectivity index (χ3v) is 5.09. The minimum absolute atomic E-state index is 0. The minimum Gasteiger partial charge on any atom is -0.497 e. The molecule has 1 atom stereocenters. The van der Waals surface area contributed by atoms with Crippen LogP contribution in [-0.2, 0) is 0 Å². The van der Waals surface area contributed by atoms with Gasteiger partial charge in [0, 0.05) is 17.3 Å². The maximum Gasteiger partial charge on any atom is 0.193 e. The van der Waals surface area contributed by atoms with Crippen molar-refractivity contribution in [3.05, 3.63) is 60.2 Å². The Bertz CT molecular complexity index is 715. The molecule has 0 fully saturated rings. The van der Waals surface area contributed by atoms with Gasteiger partial charge in [0.2, 0.25) is 0 Å². The molecule has 2 aromatic carbocycles. The summed E-state index contributed by atoms with van der Waals surface area (Å²) >= 11 is 0. The fourth-order valence-electron chi connectivity index (χ4n) is 3.11. The molecule has 0 spiro atoms. The summed E-state index contributed by atoms with van der Waals surface area (Å²) in [5.74, 6) is 1.23. The molecule has 0 aromatic heterocycles. The van der Waals surface area contributed by atoms with E-state index in [-0.39, 0.29) is 35.6 Å². The first-order chi connectivity index (χ1) is 13.0. The molecule has 0 heterocycles. The van der Waals surface area contributed by atoms with Gasteiger partial charge in [-0.25, -0.2) is 0 Å². The van der Waals surface area contributed by atoms with Crippen molar-refractivity contribution in [2.45, 2.75) is 45.2 Å². The largest absolute Gasteiger partial charge is 0.497 e. The van der Waals surface area contributed by atoms with Crippen LogP contribution in [-0.4, -0.2) is 25.2 Å². The lowest BCUT2D eigenvalue weighted by atomic mass is 9.91. The maximum absolute atomic E-state index is 6.11. The fourth-order valence-corrected chi connectivity index (χ4v) is 3.11. The zero-order valence-corrected chi connectivity index (χ0v) is 19.6. The van der Waals surface area contributed by atoms with E-state index >= 15 is 0 Å². The number of rotatable bonds is 9. The SMILES string of the molecule is CCC(CC)(CN=C(N)Nc1ccc(OC)cc1)NC(C)c1ccccc1.I. The Hall–Kier alpha value is -1.80. The first kappa shape index (κ1) is 24.2. The molecule has 0 bridgehead atoms. The molecule has 0 saturated carbocycles. The lowest BCUT2D eigenvalue weighted by Gasteiger charge is -2.35. The van der Waals surface area contributed by atoms with E-state index < -0.39 is 0 Å². The summed E-state index contributed by atoms with van der Waals surface area (Å²) in [6.45, 7) is 7.19. The number of hydrogen-bond acceptors (Lipinski definition) is 3. The van der Waals surface area contributed by atoms with Crippen molar-refractivity contribution in [3.63, 3.8) is 0 Å². The van der Waals surface area contributed by atoms with Crippen molar-refractivity contribution in [3.8, 4) is 5.75 Å². The number of benzene rings is 2. The van der Waals surface area contributed by atoms with Crippen LogP contribution in [0.1, 0.15) is 45.2 Å². The lowest BCUT2D eigenvalue weighted by molar-refractivity contribution is 0.281. The predicted octanol–water partition coefficient (Wildman–Crippen LogP) is 4.95. The topological polar surface area (TPSA) is 71.7 Å². The molecular weight excluding hydrogens is 463 g/mol. The number of halogens is 1. The quantitative estimate of drug-likeness (QED) is 0.261. The molecule has 0 saturated heterocycles. The van der Waals surface area contributed by atoms with Crippen molar-refractivity contribution < 1.29 is 4.74 Å². The zero-order valence-electron chi connectivity index (χ0n) is 17.2. The van der Waals surface area contributed by atoms with Gasteiger partial charge in [-0.05, 0) is 49.6 Å². The van der Waals surface area contributed by atoms with Gasteiger partial charge in [0.15, 0.2) is 5.96 Å². The van der Waals surface area contributed by atoms with Crippen molar-refractivity contribution in [2.75, 3.05) is 19.0 Å². The Labute approximate surface area is 186 Å².